The van der Waals surface area contributed by atoms with Gasteiger partial charge in [0.15, 0.2) is 17.4 Å². The van der Waals surface area contributed by atoms with Crippen molar-refractivity contribution < 1.29 is 9.53 Å². The summed E-state index contributed by atoms with van der Waals surface area (Å²) in [6.07, 6.45) is 2.78. The van der Waals surface area contributed by atoms with Crippen molar-refractivity contribution in [1.29, 1.82) is 0 Å². The number of nitrogens with zero attached hydrogens (tertiary/aromatic N) is 5. The van der Waals surface area contributed by atoms with Crippen molar-refractivity contribution in [3.8, 4) is 5.75 Å². The van der Waals surface area contributed by atoms with Crippen LogP contribution in [0.1, 0.15) is 19.8 Å². The minimum Gasteiger partial charge on any atom is -0.480 e. The van der Waals surface area contributed by atoms with Crippen LogP contribution in [0.3, 0.4) is 0 Å². The molecule has 0 atom stereocenters. The Kier molecular flexibility index (Phi) is 7.33. The maximum absolute atomic E-state index is 12.7. The number of benzene rings is 1. The number of anilines is 3. The molecule has 0 bridgehead atoms. The van der Waals surface area contributed by atoms with Gasteiger partial charge in [0.05, 0.1) is 11.7 Å². The van der Waals surface area contributed by atoms with E-state index < -0.39 is 0 Å². The van der Waals surface area contributed by atoms with E-state index in [2.05, 4.69) is 32.1 Å². The minimum atomic E-state index is -0.284. The van der Waals surface area contributed by atoms with Gasteiger partial charge in [0.2, 0.25) is 5.95 Å². The first kappa shape index (κ1) is 24.0. The summed E-state index contributed by atoms with van der Waals surface area (Å²) in [5.74, 6) is 1.26. The van der Waals surface area contributed by atoms with Gasteiger partial charge in [-0.1, -0.05) is 18.5 Å². The Morgan fingerprint density at radius 2 is 1.94 bits per heavy atom. The van der Waals surface area contributed by atoms with Crippen molar-refractivity contribution in [3.05, 3.63) is 45.8 Å². The van der Waals surface area contributed by atoms with Crippen molar-refractivity contribution in [2.24, 2.45) is 7.05 Å². The molecule has 1 aliphatic heterocycles. The predicted molar refractivity (Wildman–Crippen MR) is 135 cm³/mol. The number of carbonyl (C=O) groups excluding carboxylic acids is 1. The SMILES string of the molecule is CCCC(=O)COc1cc2cc(Nc3nc(N4CCN(C)CC4)ncc3Cl)ccc2n(C)c1=O. The van der Waals surface area contributed by atoms with Crippen molar-refractivity contribution in [2.45, 2.75) is 19.8 Å². The Hall–Kier alpha value is -3.17. The van der Waals surface area contributed by atoms with Crippen LogP contribution < -0.4 is 20.5 Å². The van der Waals surface area contributed by atoms with Gasteiger partial charge in [-0.25, -0.2) is 4.98 Å². The topological polar surface area (TPSA) is 92.6 Å². The zero-order chi connectivity index (χ0) is 24.2. The number of aryl methyl sites for hydroxylation is 1. The summed E-state index contributed by atoms with van der Waals surface area (Å²) in [6, 6.07) is 7.27. The molecule has 10 heteroatoms. The highest BCUT2D eigenvalue weighted by molar-refractivity contribution is 6.32. The van der Waals surface area contributed by atoms with Crippen molar-refractivity contribution in [3.63, 3.8) is 0 Å². The molecule has 0 unspecified atom stereocenters. The molecule has 9 nitrogen and oxygen atoms in total. The van der Waals surface area contributed by atoms with E-state index in [0.29, 0.717) is 23.2 Å². The van der Waals surface area contributed by atoms with E-state index in [-0.39, 0.29) is 23.7 Å². The lowest BCUT2D eigenvalue weighted by Crippen LogP contribution is -2.45. The van der Waals surface area contributed by atoms with E-state index in [1.54, 1.807) is 19.3 Å². The Bertz CT molecular complexity index is 1250. The monoisotopic (exact) mass is 484 g/mol. The maximum atomic E-state index is 12.7. The first-order valence-corrected chi connectivity index (χ1v) is 11.7. The molecule has 3 aromatic rings. The first-order chi connectivity index (χ1) is 16.4. The molecule has 0 aliphatic carbocycles. The van der Waals surface area contributed by atoms with Crippen molar-refractivity contribution >= 4 is 45.7 Å². The molecule has 1 aliphatic rings. The summed E-state index contributed by atoms with van der Waals surface area (Å²) < 4.78 is 7.07. The fourth-order valence-corrected chi connectivity index (χ4v) is 4.02. The highest BCUT2D eigenvalue weighted by Crippen LogP contribution is 2.28. The number of nitrogens with one attached hydrogen (secondary N) is 1. The third kappa shape index (κ3) is 5.31. The molecule has 1 saturated heterocycles. The van der Waals surface area contributed by atoms with Gasteiger partial charge >= 0.3 is 0 Å². The number of rotatable bonds is 8. The summed E-state index contributed by atoms with van der Waals surface area (Å²) in [6.45, 7) is 5.42. The number of halogens is 1. The summed E-state index contributed by atoms with van der Waals surface area (Å²) in [5.41, 5.74) is 1.21. The lowest BCUT2D eigenvalue weighted by molar-refractivity contribution is -0.121. The molecule has 4 rings (SSSR count). The summed E-state index contributed by atoms with van der Waals surface area (Å²) in [7, 11) is 3.78. The molecule has 0 spiro atoms. The highest BCUT2D eigenvalue weighted by Gasteiger charge is 2.18. The number of ketones is 1. The van der Waals surface area contributed by atoms with Gasteiger partial charge in [0.1, 0.15) is 11.6 Å². The van der Waals surface area contributed by atoms with E-state index in [4.69, 9.17) is 16.3 Å². The van der Waals surface area contributed by atoms with Crippen LogP contribution in [0.5, 0.6) is 5.75 Å². The number of aromatic nitrogens is 3. The average Bonchev–Trinajstić information content (AvgIpc) is 2.82. The Morgan fingerprint density at radius 1 is 1.18 bits per heavy atom. The van der Waals surface area contributed by atoms with Gasteiger partial charge in [0.25, 0.3) is 5.56 Å². The van der Waals surface area contributed by atoms with Crippen LogP contribution in [0.15, 0.2) is 35.3 Å². The minimum absolute atomic E-state index is 0.0328. The molecule has 3 heterocycles. The number of ether oxygens (including phenoxy) is 1. The third-order valence-electron chi connectivity index (χ3n) is 5.89. The number of Topliss-reactive ketones (excluding diaryl/α,β-unsaturated/α-hetero) is 1. The van der Waals surface area contributed by atoms with Crippen LogP contribution in [-0.2, 0) is 11.8 Å². The number of piperazine rings is 1. The van der Waals surface area contributed by atoms with Gasteiger partial charge in [-0.05, 0) is 37.7 Å². The van der Waals surface area contributed by atoms with Gasteiger partial charge in [0, 0.05) is 50.7 Å². The lowest BCUT2D eigenvalue weighted by atomic mass is 10.2. The molecular weight excluding hydrogens is 456 g/mol. The number of hydrogen-bond donors (Lipinski definition) is 1. The van der Waals surface area contributed by atoms with Gasteiger partial charge in [-0.2, -0.15) is 4.98 Å². The molecule has 0 saturated carbocycles. The van der Waals surface area contributed by atoms with Crippen LogP contribution in [0.4, 0.5) is 17.5 Å². The van der Waals surface area contributed by atoms with E-state index in [9.17, 15) is 9.59 Å². The summed E-state index contributed by atoms with van der Waals surface area (Å²) in [5, 5.41) is 4.47. The average molecular weight is 485 g/mol. The van der Waals surface area contributed by atoms with E-state index >= 15 is 0 Å². The fourth-order valence-electron chi connectivity index (χ4n) is 3.88. The fraction of sp³-hybridized carbons (Fsp3) is 0.417. The lowest BCUT2D eigenvalue weighted by Gasteiger charge is -2.32. The van der Waals surface area contributed by atoms with E-state index in [1.165, 1.54) is 4.57 Å². The highest BCUT2D eigenvalue weighted by atomic mass is 35.5. The molecule has 180 valence electrons. The maximum Gasteiger partial charge on any atom is 0.293 e. The first-order valence-electron chi connectivity index (χ1n) is 11.4. The largest absolute Gasteiger partial charge is 0.480 e. The molecule has 0 amide bonds. The zero-order valence-electron chi connectivity index (χ0n) is 19.7. The standard InChI is InChI=1S/C24H29ClN6O3/c1-4-5-18(32)15-34-21-13-16-12-17(6-7-20(16)30(3)23(21)33)27-22-19(25)14-26-24(28-22)31-10-8-29(2)9-11-31/h6-7,12-14H,4-5,8-11,15H2,1-3H3,(H,26,27,28). The molecule has 34 heavy (non-hydrogen) atoms. The van der Waals surface area contributed by atoms with Crippen LogP contribution in [0.2, 0.25) is 5.02 Å². The molecule has 2 aromatic heterocycles. The molecule has 1 aromatic carbocycles. The number of carbonyl (C=O) groups is 1. The second-order valence-corrected chi connectivity index (χ2v) is 8.91. The van der Waals surface area contributed by atoms with Crippen LogP contribution in [0, 0.1) is 0 Å². The third-order valence-corrected chi connectivity index (χ3v) is 6.17. The Balaban J connectivity index is 1.59. The van der Waals surface area contributed by atoms with E-state index in [1.807, 2.05) is 25.1 Å². The smallest absolute Gasteiger partial charge is 0.293 e. The quantitative estimate of drug-likeness (QED) is 0.521. The Labute approximate surface area is 203 Å². The number of hydrogen-bond acceptors (Lipinski definition) is 8. The van der Waals surface area contributed by atoms with Crippen LogP contribution >= 0.6 is 11.6 Å². The van der Waals surface area contributed by atoms with E-state index in [0.717, 1.165) is 49.2 Å². The zero-order valence-corrected chi connectivity index (χ0v) is 20.4. The van der Waals surface area contributed by atoms with Gasteiger partial charge in [-0.3, -0.25) is 9.59 Å². The number of likely N-dealkylation sites (N-methyl/N-ethyl adjacent to an activating group) is 1. The van der Waals surface area contributed by atoms with Crippen LogP contribution in [0.25, 0.3) is 10.9 Å². The molecule has 1 N–H and O–H groups in total. The predicted octanol–water partition coefficient (Wildman–Crippen LogP) is 3.23. The molecule has 1 fully saturated rings. The van der Waals surface area contributed by atoms with Gasteiger partial charge in [-0.15, -0.1) is 0 Å². The normalized spacial score (nSPS) is 14.4. The number of fused-ring (bicyclic) bond motifs is 1. The molecule has 0 radical (unpaired) electrons. The van der Waals surface area contributed by atoms with Crippen molar-refractivity contribution in [1.82, 2.24) is 19.4 Å². The number of pyridine rings is 1. The van der Waals surface area contributed by atoms with Gasteiger partial charge < -0.3 is 24.4 Å². The summed E-state index contributed by atoms with van der Waals surface area (Å²) >= 11 is 6.38. The Morgan fingerprint density at radius 3 is 2.68 bits per heavy atom. The van der Waals surface area contributed by atoms with Crippen molar-refractivity contribution in [2.75, 3.05) is 50.1 Å². The van der Waals surface area contributed by atoms with Crippen LogP contribution in [-0.4, -0.2) is 65.1 Å². The molecular formula is C24H29ClN6O3. The second kappa shape index (κ2) is 10.4. The summed E-state index contributed by atoms with van der Waals surface area (Å²) in [4.78, 5) is 38.0. The second-order valence-electron chi connectivity index (χ2n) is 8.51.